The van der Waals surface area contributed by atoms with Crippen LogP contribution in [0.25, 0.3) is 17.1 Å². The number of thiazole rings is 1. The number of aryl methyl sites for hydroxylation is 1. The minimum absolute atomic E-state index is 0.0107. The highest BCUT2D eigenvalue weighted by atomic mass is 35.5. The molecule has 202 valence electrons. The topological polar surface area (TPSA) is 170 Å². The lowest BCUT2D eigenvalue weighted by Crippen LogP contribution is -2.53. The Hall–Kier alpha value is -3.15. The van der Waals surface area contributed by atoms with Gasteiger partial charge in [-0.15, -0.1) is 16.4 Å². The first-order valence-electron chi connectivity index (χ1n) is 11.0. The van der Waals surface area contributed by atoms with Crippen LogP contribution in [0.4, 0.5) is 18.3 Å². The van der Waals surface area contributed by atoms with Crippen LogP contribution in [0.5, 0.6) is 0 Å². The molecule has 0 spiro atoms. The van der Waals surface area contributed by atoms with Gasteiger partial charge in [-0.3, -0.25) is 0 Å². The Bertz CT molecular complexity index is 1460. The summed E-state index contributed by atoms with van der Waals surface area (Å²) in [7, 11) is 0. The van der Waals surface area contributed by atoms with Crippen LogP contribution >= 0.6 is 22.9 Å². The van der Waals surface area contributed by atoms with Crippen LogP contribution in [0.1, 0.15) is 29.4 Å². The molecule has 12 nitrogen and oxygen atoms in total. The second-order valence-electron chi connectivity index (χ2n) is 8.49. The lowest BCUT2D eigenvalue weighted by atomic mass is 9.92. The number of aliphatic hydroxyl groups excluding tert-OH is 3. The van der Waals surface area contributed by atoms with Crippen LogP contribution in [-0.2, 0) is 10.9 Å². The van der Waals surface area contributed by atoms with Gasteiger partial charge >= 0.3 is 6.18 Å². The van der Waals surface area contributed by atoms with Gasteiger partial charge in [0.25, 0.3) is 0 Å². The van der Waals surface area contributed by atoms with E-state index in [1.165, 1.54) is 29.1 Å². The number of anilines is 1. The van der Waals surface area contributed by atoms with E-state index < -0.39 is 54.5 Å². The molecule has 0 saturated carbocycles. The van der Waals surface area contributed by atoms with E-state index in [-0.39, 0.29) is 16.7 Å². The quantitative estimate of drug-likeness (QED) is 0.277. The van der Waals surface area contributed by atoms with Crippen LogP contribution in [-0.4, -0.2) is 75.0 Å². The van der Waals surface area contributed by atoms with Crippen molar-refractivity contribution in [3.63, 3.8) is 0 Å². The first kappa shape index (κ1) is 26.5. The number of aromatic nitrogens is 7. The fraction of sp³-hybridized carbons (Fsp3) is 0.381. The maximum atomic E-state index is 13.8. The Morgan fingerprint density at radius 2 is 1.95 bits per heavy atom. The molecule has 3 aromatic heterocycles. The fourth-order valence-corrected chi connectivity index (χ4v) is 5.01. The molecule has 1 aliphatic rings. The van der Waals surface area contributed by atoms with Gasteiger partial charge in [-0.1, -0.05) is 16.8 Å². The summed E-state index contributed by atoms with van der Waals surface area (Å²) in [5, 5.41) is 46.2. The number of hydrogen-bond acceptors (Lipinski definition) is 11. The smallest absolute Gasteiger partial charge is 0.394 e. The monoisotopic (exact) mass is 572 g/mol. The van der Waals surface area contributed by atoms with Crippen molar-refractivity contribution in [2.75, 3.05) is 12.3 Å². The van der Waals surface area contributed by atoms with Crippen molar-refractivity contribution in [1.82, 2.24) is 34.7 Å². The number of hydrogen-bond donors (Lipinski definition) is 4. The van der Waals surface area contributed by atoms with Crippen molar-refractivity contribution in [1.29, 1.82) is 0 Å². The van der Waals surface area contributed by atoms with Crippen LogP contribution in [0.2, 0.25) is 5.02 Å². The molecule has 1 saturated heterocycles. The van der Waals surface area contributed by atoms with Crippen molar-refractivity contribution in [3.8, 4) is 17.1 Å². The van der Waals surface area contributed by atoms with Crippen molar-refractivity contribution < 1.29 is 33.2 Å². The van der Waals surface area contributed by atoms with E-state index in [4.69, 9.17) is 22.1 Å². The summed E-state index contributed by atoms with van der Waals surface area (Å²) in [6.45, 7) is 0.773. The van der Waals surface area contributed by atoms with Crippen LogP contribution < -0.4 is 5.73 Å². The van der Waals surface area contributed by atoms with Crippen molar-refractivity contribution >= 4 is 28.1 Å². The number of nitrogens with zero attached hydrogens (tertiary/aromatic N) is 7. The number of ether oxygens (including phenoxy) is 1. The minimum atomic E-state index is -4.76. The Labute approximate surface area is 221 Å². The van der Waals surface area contributed by atoms with E-state index in [9.17, 15) is 28.5 Å². The molecule has 5 rings (SSSR count). The molecule has 5 atom stereocenters. The second-order valence-corrected chi connectivity index (χ2v) is 9.82. The van der Waals surface area contributed by atoms with E-state index in [0.717, 1.165) is 22.9 Å². The predicted molar refractivity (Wildman–Crippen MR) is 127 cm³/mol. The van der Waals surface area contributed by atoms with Crippen molar-refractivity contribution in [2.45, 2.75) is 43.6 Å². The molecule has 17 heteroatoms. The number of halogens is 4. The van der Waals surface area contributed by atoms with E-state index in [1.807, 2.05) is 0 Å². The molecular weight excluding hydrogens is 553 g/mol. The van der Waals surface area contributed by atoms with E-state index in [0.29, 0.717) is 16.5 Å². The SMILES string of the molecule is Cc1nc([C@@H]2OC(CO)[C@H](O)[C@H](n3cc(-c4csc(N)n4)nn3)C2O)n(-c2cc(Cl)ccc2C(F)(F)F)n1. The molecule has 38 heavy (non-hydrogen) atoms. The third-order valence-corrected chi connectivity index (χ3v) is 6.89. The van der Waals surface area contributed by atoms with E-state index in [2.05, 4.69) is 25.4 Å². The zero-order valence-corrected chi connectivity index (χ0v) is 20.9. The molecule has 5 N–H and O–H groups in total. The summed E-state index contributed by atoms with van der Waals surface area (Å²) in [5.41, 5.74) is 4.91. The van der Waals surface area contributed by atoms with Gasteiger partial charge in [0.05, 0.1) is 24.1 Å². The van der Waals surface area contributed by atoms with Crippen LogP contribution in [0, 0.1) is 6.92 Å². The largest absolute Gasteiger partial charge is 0.418 e. The third kappa shape index (κ3) is 4.74. The number of aliphatic hydroxyl groups is 3. The van der Waals surface area contributed by atoms with Gasteiger partial charge in [-0.05, 0) is 25.1 Å². The molecule has 4 aromatic rings. The lowest BCUT2D eigenvalue weighted by Gasteiger charge is -2.41. The first-order chi connectivity index (χ1) is 18.0. The lowest BCUT2D eigenvalue weighted by molar-refractivity contribution is -0.210. The highest BCUT2D eigenvalue weighted by Crippen LogP contribution is 2.40. The molecule has 0 amide bonds. The van der Waals surface area contributed by atoms with Gasteiger partial charge in [0.1, 0.15) is 47.7 Å². The van der Waals surface area contributed by atoms with Crippen LogP contribution in [0.3, 0.4) is 0 Å². The molecule has 4 heterocycles. The Morgan fingerprint density at radius 3 is 2.61 bits per heavy atom. The predicted octanol–water partition coefficient (Wildman–Crippen LogP) is 1.94. The van der Waals surface area contributed by atoms with Gasteiger partial charge in [0.2, 0.25) is 0 Å². The summed E-state index contributed by atoms with van der Waals surface area (Å²) in [4.78, 5) is 8.34. The Morgan fingerprint density at radius 1 is 1.18 bits per heavy atom. The first-order valence-corrected chi connectivity index (χ1v) is 12.3. The summed E-state index contributed by atoms with van der Waals surface area (Å²) >= 11 is 7.19. The number of rotatable bonds is 5. The van der Waals surface area contributed by atoms with Gasteiger partial charge < -0.3 is 25.8 Å². The maximum absolute atomic E-state index is 13.8. The number of alkyl halides is 3. The second kappa shape index (κ2) is 9.87. The molecule has 0 aliphatic carbocycles. The van der Waals surface area contributed by atoms with E-state index in [1.54, 1.807) is 5.38 Å². The van der Waals surface area contributed by atoms with Gasteiger partial charge in [0.15, 0.2) is 11.0 Å². The minimum Gasteiger partial charge on any atom is -0.394 e. The van der Waals surface area contributed by atoms with Crippen molar-refractivity contribution in [2.24, 2.45) is 0 Å². The summed E-state index contributed by atoms with van der Waals surface area (Å²) < 4.78 is 49.3. The molecule has 0 radical (unpaired) electrons. The Balaban J connectivity index is 1.58. The van der Waals surface area contributed by atoms with Gasteiger partial charge in [-0.25, -0.2) is 19.3 Å². The number of benzene rings is 1. The molecule has 1 fully saturated rings. The maximum Gasteiger partial charge on any atom is 0.418 e. The van der Waals surface area contributed by atoms with Gasteiger partial charge in [-0.2, -0.15) is 18.3 Å². The highest BCUT2D eigenvalue weighted by molar-refractivity contribution is 7.13. The zero-order valence-electron chi connectivity index (χ0n) is 19.4. The highest BCUT2D eigenvalue weighted by Gasteiger charge is 2.49. The summed E-state index contributed by atoms with van der Waals surface area (Å²) in [6, 6.07) is 1.73. The Kier molecular flexibility index (Phi) is 6.87. The van der Waals surface area contributed by atoms with Crippen molar-refractivity contribution in [3.05, 3.63) is 52.0 Å². The number of nitrogens with two attached hydrogens (primary N) is 1. The molecule has 1 aromatic carbocycles. The summed E-state index contributed by atoms with van der Waals surface area (Å²) in [6.07, 6.45) is -9.13. The molecule has 2 unspecified atom stereocenters. The standard InChI is InChI=1S/C21H20ClF3N8O4S/c1-8-27-19(33(30-8)13-4-9(22)2-3-10(13)21(23,24)25)18-17(36)15(16(35)14(6-34)37-18)32-5-11(29-31-32)12-7-38-20(26)28-12/h2-5,7,14-18,34-36H,6H2,1H3,(H2,26,28)/t14?,15-,16-,17?,18+/m0/s1. The third-order valence-electron chi connectivity index (χ3n) is 5.98. The summed E-state index contributed by atoms with van der Waals surface area (Å²) in [5.74, 6) is -0.123. The number of nitrogen functional groups attached to an aromatic ring is 1. The van der Waals surface area contributed by atoms with E-state index >= 15 is 0 Å². The molecular formula is C21H20ClF3N8O4S. The van der Waals surface area contributed by atoms with Crippen LogP contribution in [0.15, 0.2) is 29.8 Å². The fourth-order valence-electron chi connectivity index (χ4n) is 4.29. The average molecular weight is 573 g/mol. The van der Waals surface area contributed by atoms with Gasteiger partial charge in [0, 0.05) is 10.4 Å². The average Bonchev–Trinajstić information content (AvgIpc) is 3.58. The zero-order chi connectivity index (χ0) is 27.4. The normalized spacial score (nSPS) is 24.2. The molecule has 1 aliphatic heterocycles. The molecule has 0 bridgehead atoms.